The fraction of sp³-hybridized carbons (Fsp3) is 0.156. The molecule has 3 amide bonds. The highest BCUT2D eigenvalue weighted by molar-refractivity contribution is 6.17. The fourth-order valence-electron chi connectivity index (χ4n) is 4.87. The molecule has 9 heteroatoms. The Hall–Kier alpha value is -5.15. The molecular weight excluding hydrogens is 520 g/mol. The van der Waals surface area contributed by atoms with E-state index in [1.807, 2.05) is 42.5 Å². The van der Waals surface area contributed by atoms with Crippen molar-refractivity contribution in [3.05, 3.63) is 119 Å². The standard InChI is InChI=1S/C32H30N4O5/c1-40-27-14-12-24(17-28(27)41-2)32(39)36-26-13-11-23(30(37)34-19-21-8-6-7-20(15-21)18-33)16-25(26)35-31(38)29(36)22-9-4-3-5-10-22/h3-17,29H,18-19,33H2,1-2H3,(H,34,37)(H,35,38). The van der Waals surface area contributed by atoms with Gasteiger partial charge in [0.05, 0.1) is 25.6 Å². The van der Waals surface area contributed by atoms with Gasteiger partial charge in [-0.15, -0.1) is 0 Å². The van der Waals surface area contributed by atoms with Crippen LogP contribution in [0, 0.1) is 0 Å². The summed E-state index contributed by atoms with van der Waals surface area (Å²) in [7, 11) is 3.00. The summed E-state index contributed by atoms with van der Waals surface area (Å²) in [5.41, 5.74) is 9.74. The first-order valence-corrected chi connectivity index (χ1v) is 13.0. The normalized spacial score (nSPS) is 14.1. The number of anilines is 2. The second-order valence-corrected chi connectivity index (χ2v) is 9.49. The minimum Gasteiger partial charge on any atom is -0.493 e. The molecule has 41 heavy (non-hydrogen) atoms. The maximum Gasteiger partial charge on any atom is 0.259 e. The first-order chi connectivity index (χ1) is 19.9. The summed E-state index contributed by atoms with van der Waals surface area (Å²) in [6.07, 6.45) is 0. The number of carbonyl (C=O) groups excluding carboxylic acids is 3. The lowest BCUT2D eigenvalue weighted by Crippen LogP contribution is -2.45. The average Bonchev–Trinajstić information content (AvgIpc) is 3.02. The molecule has 9 nitrogen and oxygen atoms in total. The van der Waals surface area contributed by atoms with Crippen molar-refractivity contribution >= 4 is 29.1 Å². The Labute approximate surface area is 237 Å². The van der Waals surface area contributed by atoms with Crippen LogP contribution in [0.15, 0.2) is 91.0 Å². The molecule has 5 rings (SSSR count). The number of benzene rings is 4. The zero-order valence-electron chi connectivity index (χ0n) is 22.7. The monoisotopic (exact) mass is 550 g/mol. The van der Waals surface area contributed by atoms with E-state index in [0.29, 0.717) is 52.7 Å². The van der Waals surface area contributed by atoms with Crippen LogP contribution in [0.5, 0.6) is 11.5 Å². The molecule has 0 aliphatic carbocycles. The average molecular weight is 551 g/mol. The van der Waals surface area contributed by atoms with E-state index in [1.54, 1.807) is 48.5 Å². The SMILES string of the molecule is COc1ccc(C(=O)N2c3ccc(C(=O)NCc4cccc(CN)c4)cc3NC(=O)C2c2ccccc2)cc1OC. The van der Waals surface area contributed by atoms with Gasteiger partial charge in [-0.2, -0.15) is 0 Å². The van der Waals surface area contributed by atoms with Gasteiger partial charge in [0.1, 0.15) is 6.04 Å². The molecule has 0 bridgehead atoms. The minimum absolute atomic E-state index is 0.311. The second kappa shape index (κ2) is 11.9. The third-order valence-electron chi connectivity index (χ3n) is 6.93. The van der Waals surface area contributed by atoms with Crippen LogP contribution in [-0.2, 0) is 17.9 Å². The number of ether oxygens (including phenoxy) is 2. The van der Waals surface area contributed by atoms with Crippen molar-refractivity contribution in [2.24, 2.45) is 5.73 Å². The Morgan fingerprint density at radius 2 is 1.59 bits per heavy atom. The smallest absolute Gasteiger partial charge is 0.259 e. The number of amides is 3. The number of nitrogens with one attached hydrogen (secondary N) is 2. The Morgan fingerprint density at radius 1 is 0.854 bits per heavy atom. The maximum atomic E-state index is 14.1. The molecule has 1 atom stereocenters. The predicted octanol–water partition coefficient (Wildman–Crippen LogP) is 4.43. The Bertz CT molecular complexity index is 1610. The number of methoxy groups -OCH3 is 2. The maximum absolute atomic E-state index is 14.1. The van der Waals surface area contributed by atoms with Crippen molar-refractivity contribution < 1.29 is 23.9 Å². The highest BCUT2D eigenvalue weighted by Gasteiger charge is 2.39. The molecule has 1 aliphatic heterocycles. The van der Waals surface area contributed by atoms with Crippen LogP contribution in [0.2, 0.25) is 0 Å². The van der Waals surface area contributed by atoms with E-state index in [4.69, 9.17) is 15.2 Å². The summed E-state index contributed by atoms with van der Waals surface area (Å²) < 4.78 is 10.7. The van der Waals surface area contributed by atoms with E-state index < -0.39 is 17.9 Å². The number of carbonyl (C=O) groups is 3. The van der Waals surface area contributed by atoms with Gasteiger partial charge in [0.2, 0.25) is 0 Å². The molecule has 0 aromatic heterocycles. The summed E-state index contributed by atoms with van der Waals surface area (Å²) in [6, 6.07) is 25.5. The topological polar surface area (TPSA) is 123 Å². The second-order valence-electron chi connectivity index (χ2n) is 9.49. The zero-order chi connectivity index (χ0) is 28.9. The van der Waals surface area contributed by atoms with Gasteiger partial charge in [-0.05, 0) is 53.1 Å². The Morgan fingerprint density at radius 3 is 2.32 bits per heavy atom. The van der Waals surface area contributed by atoms with Gasteiger partial charge in [0, 0.05) is 24.2 Å². The Kier molecular flexibility index (Phi) is 7.98. The van der Waals surface area contributed by atoms with Crippen LogP contribution < -0.4 is 30.7 Å². The van der Waals surface area contributed by atoms with Gasteiger partial charge in [-0.1, -0.05) is 54.6 Å². The van der Waals surface area contributed by atoms with E-state index in [0.717, 1.165) is 11.1 Å². The first kappa shape index (κ1) is 27.4. The van der Waals surface area contributed by atoms with Gasteiger partial charge < -0.3 is 25.8 Å². The number of hydrogen-bond donors (Lipinski definition) is 3. The van der Waals surface area contributed by atoms with E-state index in [2.05, 4.69) is 10.6 Å². The van der Waals surface area contributed by atoms with Gasteiger partial charge in [0.25, 0.3) is 17.7 Å². The molecule has 4 aromatic rings. The summed E-state index contributed by atoms with van der Waals surface area (Å²) >= 11 is 0. The molecule has 1 unspecified atom stereocenters. The van der Waals surface area contributed by atoms with E-state index >= 15 is 0 Å². The molecule has 208 valence electrons. The highest BCUT2D eigenvalue weighted by Crippen LogP contribution is 2.40. The van der Waals surface area contributed by atoms with Crippen LogP contribution in [0.3, 0.4) is 0 Å². The van der Waals surface area contributed by atoms with Gasteiger partial charge in [0.15, 0.2) is 11.5 Å². The molecule has 1 aliphatic rings. The quantitative estimate of drug-likeness (QED) is 0.298. The van der Waals surface area contributed by atoms with E-state index in [9.17, 15) is 14.4 Å². The molecule has 1 heterocycles. The summed E-state index contributed by atoms with van der Waals surface area (Å²) in [6.45, 7) is 0.727. The van der Waals surface area contributed by atoms with Crippen molar-refractivity contribution in [3.63, 3.8) is 0 Å². The lowest BCUT2D eigenvalue weighted by molar-refractivity contribution is -0.117. The number of fused-ring (bicyclic) bond motifs is 1. The van der Waals surface area contributed by atoms with E-state index in [-0.39, 0.29) is 5.91 Å². The predicted molar refractivity (Wildman–Crippen MR) is 156 cm³/mol. The summed E-state index contributed by atoms with van der Waals surface area (Å²) in [4.78, 5) is 42.1. The third-order valence-corrected chi connectivity index (χ3v) is 6.93. The number of hydrogen-bond acceptors (Lipinski definition) is 6. The lowest BCUT2D eigenvalue weighted by atomic mass is 9.97. The van der Waals surface area contributed by atoms with Crippen molar-refractivity contribution in [3.8, 4) is 11.5 Å². The van der Waals surface area contributed by atoms with E-state index in [1.165, 1.54) is 19.1 Å². The van der Waals surface area contributed by atoms with Crippen LogP contribution in [-0.4, -0.2) is 31.9 Å². The third kappa shape index (κ3) is 5.61. The molecule has 0 fully saturated rings. The molecule has 4 aromatic carbocycles. The van der Waals surface area contributed by atoms with Crippen LogP contribution in [0.1, 0.15) is 43.4 Å². The minimum atomic E-state index is -0.932. The molecule has 0 saturated carbocycles. The highest BCUT2D eigenvalue weighted by atomic mass is 16.5. The number of nitrogens with zero attached hydrogens (tertiary/aromatic N) is 1. The van der Waals surface area contributed by atoms with Gasteiger partial charge in [-0.25, -0.2) is 0 Å². The lowest BCUT2D eigenvalue weighted by Gasteiger charge is -2.37. The largest absolute Gasteiger partial charge is 0.493 e. The van der Waals surface area contributed by atoms with Crippen molar-refractivity contribution in [2.45, 2.75) is 19.1 Å². The number of rotatable bonds is 8. The molecule has 0 saturated heterocycles. The summed E-state index contributed by atoms with van der Waals surface area (Å²) in [5, 5.41) is 5.80. The van der Waals surface area contributed by atoms with Crippen LogP contribution >= 0.6 is 0 Å². The van der Waals surface area contributed by atoms with Crippen LogP contribution in [0.25, 0.3) is 0 Å². The van der Waals surface area contributed by atoms with Crippen LogP contribution in [0.4, 0.5) is 11.4 Å². The number of nitrogens with two attached hydrogens (primary N) is 1. The molecule has 0 spiro atoms. The summed E-state index contributed by atoms with van der Waals surface area (Å²) in [5.74, 6) is -0.254. The Balaban J connectivity index is 1.49. The molecule has 4 N–H and O–H groups in total. The van der Waals surface area contributed by atoms with Crippen molar-refractivity contribution in [1.29, 1.82) is 0 Å². The molecule has 0 radical (unpaired) electrons. The fourth-order valence-corrected chi connectivity index (χ4v) is 4.87. The van der Waals surface area contributed by atoms with Gasteiger partial charge >= 0.3 is 0 Å². The van der Waals surface area contributed by atoms with Crippen molar-refractivity contribution in [2.75, 3.05) is 24.4 Å². The first-order valence-electron chi connectivity index (χ1n) is 13.0. The van der Waals surface area contributed by atoms with Gasteiger partial charge in [-0.3, -0.25) is 19.3 Å². The molecular formula is C32H30N4O5. The zero-order valence-corrected chi connectivity index (χ0v) is 22.7. The van der Waals surface area contributed by atoms with Crippen molar-refractivity contribution in [1.82, 2.24) is 5.32 Å².